The van der Waals surface area contributed by atoms with Gasteiger partial charge in [0.2, 0.25) is 11.8 Å². The molecule has 0 aliphatic carbocycles. The van der Waals surface area contributed by atoms with Crippen molar-refractivity contribution in [1.29, 1.82) is 5.26 Å². The van der Waals surface area contributed by atoms with E-state index in [9.17, 15) is 9.59 Å². The van der Waals surface area contributed by atoms with Crippen molar-refractivity contribution in [3.8, 4) is 6.07 Å². The Bertz CT molecular complexity index is 345. The summed E-state index contributed by atoms with van der Waals surface area (Å²) in [5.41, 5.74) is 0. The van der Waals surface area contributed by atoms with Crippen LogP contribution in [0.15, 0.2) is 0 Å². The third-order valence-electron chi connectivity index (χ3n) is 3.17. The number of carbonyl (C=O) groups is 2. The van der Waals surface area contributed by atoms with E-state index in [0.717, 1.165) is 25.9 Å². The van der Waals surface area contributed by atoms with E-state index in [1.54, 1.807) is 6.92 Å². The molecule has 106 valence electrons. The summed E-state index contributed by atoms with van der Waals surface area (Å²) in [5, 5.41) is 13.9. The molecule has 1 aliphatic heterocycles. The standard InChI is InChI=1S/C13H22N4O2/c1-11(13(19)17-8-3-2-4-9-17)16-10-12(18)15-7-5-6-14/h11,16H,2-5,7-10H2,1H3,(H,15,18). The van der Waals surface area contributed by atoms with E-state index in [2.05, 4.69) is 10.6 Å². The molecule has 0 saturated carbocycles. The molecule has 0 aromatic heterocycles. The molecule has 1 aliphatic rings. The van der Waals surface area contributed by atoms with Crippen molar-refractivity contribution in [2.24, 2.45) is 0 Å². The summed E-state index contributed by atoms with van der Waals surface area (Å²) in [6, 6.07) is 1.61. The van der Waals surface area contributed by atoms with Crippen LogP contribution in [0.5, 0.6) is 0 Å². The molecular formula is C13H22N4O2. The Kier molecular flexibility index (Phi) is 6.90. The molecule has 0 aromatic carbocycles. The lowest BCUT2D eigenvalue weighted by molar-refractivity contribution is -0.134. The van der Waals surface area contributed by atoms with Gasteiger partial charge in [-0.2, -0.15) is 5.26 Å². The monoisotopic (exact) mass is 266 g/mol. The summed E-state index contributed by atoms with van der Waals surface area (Å²) in [5.74, 6) is -0.127. The van der Waals surface area contributed by atoms with Gasteiger partial charge in [0.05, 0.1) is 25.1 Å². The van der Waals surface area contributed by atoms with E-state index in [4.69, 9.17) is 5.26 Å². The first-order chi connectivity index (χ1) is 9.15. The molecule has 6 nitrogen and oxygen atoms in total. The van der Waals surface area contributed by atoms with Gasteiger partial charge in [-0.05, 0) is 26.2 Å². The molecular weight excluding hydrogens is 244 g/mol. The van der Waals surface area contributed by atoms with Crippen LogP contribution in [0.2, 0.25) is 0 Å². The maximum Gasteiger partial charge on any atom is 0.239 e. The van der Waals surface area contributed by atoms with E-state index < -0.39 is 0 Å². The zero-order valence-electron chi connectivity index (χ0n) is 11.4. The van der Waals surface area contributed by atoms with Gasteiger partial charge in [0.15, 0.2) is 0 Å². The highest BCUT2D eigenvalue weighted by atomic mass is 16.2. The molecule has 1 fully saturated rings. The Morgan fingerprint density at radius 1 is 1.32 bits per heavy atom. The van der Waals surface area contributed by atoms with Gasteiger partial charge in [-0.3, -0.25) is 14.9 Å². The quantitative estimate of drug-likeness (QED) is 0.663. The lowest BCUT2D eigenvalue weighted by Crippen LogP contribution is -2.49. The summed E-state index contributed by atoms with van der Waals surface area (Å²) in [7, 11) is 0. The zero-order chi connectivity index (χ0) is 14.1. The first-order valence-electron chi connectivity index (χ1n) is 6.81. The molecule has 1 unspecified atom stereocenters. The largest absolute Gasteiger partial charge is 0.354 e. The number of likely N-dealkylation sites (tertiary alicyclic amines) is 1. The average molecular weight is 266 g/mol. The van der Waals surface area contributed by atoms with Crippen molar-refractivity contribution < 1.29 is 9.59 Å². The van der Waals surface area contributed by atoms with Crippen LogP contribution in [0.25, 0.3) is 0 Å². The van der Waals surface area contributed by atoms with Crippen molar-refractivity contribution >= 4 is 11.8 Å². The Labute approximate surface area is 114 Å². The normalized spacial score (nSPS) is 16.5. The second-order valence-electron chi connectivity index (χ2n) is 4.75. The van der Waals surface area contributed by atoms with E-state index in [1.807, 2.05) is 11.0 Å². The average Bonchev–Trinajstić information content (AvgIpc) is 2.45. The number of nitrogens with zero attached hydrogens (tertiary/aromatic N) is 2. The predicted octanol–water partition coefficient (Wildman–Crippen LogP) is 0.00688. The predicted molar refractivity (Wildman–Crippen MR) is 71.1 cm³/mol. The SMILES string of the molecule is CC(NCC(=O)NCCC#N)C(=O)N1CCCCC1. The number of amides is 2. The van der Waals surface area contributed by atoms with E-state index in [1.165, 1.54) is 6.42 Å². The fraction of sp³-hybridized carbons (Fsp3) is 0.769. The van der Waals surface area contributed by atoms with Crippen LogP contribution in [0.1, 0.15) is 32.6 Å². The second kappa shape index (κ2) is 8.48. The molecule has 6 heteroatoms. The van der Waals surface area contributed by atoms with Crippen LogP contribution in [0.3, 0.4) is 0 Å². The van der Waals surface area contributed by atoms with Crippen LogP contribution >= 0.6 is 0 Å². The first kappa shape index (κ1) is 15.4. The lowest BCUT2D eigenvalue weighted by Gasteiger charge is -2.29. The number of hydrogen-bond donors (Lipinski definition) is 2. The van der Waals surface area contributed by atoms with Crippen LogP contribution in [-0.2, 0) is 9.59 Å². The number of carbonyl (C=O) groups excluding carboxylic acids is 2. The van der Waals surface area contributed by atoms with Gasteiger partial charge in [0, 0.05) is 19.6 Å². The highest BCUT2D eigenvalue weighted by Gasteiger charge is 2.21. The minimum Gasteiger partial charge on any atom is -0.354 e. The van der Waals surface area contributed by atoms with Gasteiger partial charge in [-0.1, -0.05) is 0 Å². The molecule has 1 heterocycles. The van der Waals surface area contributed by atoms with Crippen LogP contribution < -0.4 is 10.6 Å². The summed E-state index contributed by atoms with van der Waals surface area (Å²) < 4.78 is 0. The van der Waals surface area contributed by atoms with Crippen molar-refractivity contribution in [3.05, 3.63) is 0 Å². The number of piperidine rings is 1. The topological polar surface area (TPSA) is 85.2 Å². The first-order valence-corrected chi connectivity index (χ1v) is 6.81. The molecule has 0 bridgehead atoms. The third-order valence-corrected chi connectivity index (χ3v) is 3.17. The molecule has 0 radical (unpaired) electrons. The maximum absolute atomic E-state index is 12.1. The highest BCUT2D eigenvalue weighted by Crippen LogP contribution is 2.09. The fourth-order valence-electron chi connectivity index (χ4n) is 2.04. The van der Waals surface area contributed by atoms with Crippen LogP contribution in [0.4, 0.5) is 0 Å². The van der Waals surface area contributed by atoms with E-state index in [-0.39, 0.29) is 24.4 Å². The Hall–Kier alpha value is -1.61. The molecule has 1 rings (SSSR count). The summed E-state index contributed by atoms with van der Waals surface area (Å²) in [6.45, 7) is 3.87. The van der Waals surface area contributed by atoms with Gasteiger partial charge in [0.1, 0.15) is 0 Å². The molecule has 1 saturated heterocycles. The highest BCUT2D eigenvalue weighted by molar-refractivity contribution is 5.83. The lowest BCUT2D eigenvalue weighted by atomic mass is 10.1. The smallest absolute Gasteiger partial charge is 0.239 e. The minimum atomic E-state index is -0.347. The van der Waals surface area contributed by atoms with Crippen molar-refractivity contribution in [1.82, 2.24) is 15.5 Å². The molecule has 19 heavy (non-hydrogen) atoms. The fourth-order valence-corrected chi connectivity index (χ4v) is 2.04. The molecule has 2 N–H and O–H groups in total. The molecule has 2 amide bonds. The number of hydrogen-bond acceptors (Lipinski definition) is 4. The van der Waals surface area contributed by atoms with Crippen LogP contribution in [0, 0.1) is 11.3 Å². The zero-order valence-corrected chi connectivity index (χ0v) is 11.4. The summed E-state index contributed by atoms with van der Waals surface area (Å²) in [4.78, 5) is 25.3. The van der Waals surface area contributed by atoms with Gasteiger partial charge in [-0.15, -0.1) is 0 Å². The summed E-state index contributed by atoms with van der Waals surface area (Å²) >= 11 is 0. The second-order valence-corrected chi connectivity index (χ2v) is 4.75. The Morgan fingerprint density at radius 3 is 2.63 bits per heavy atom. The van der Waals surface area contributed by atoms with E-state index >= 15 is 0 Å². The minimum absolute atomic E-state index is 0.0597. The van der Waals surface area contributed by atoms with Gasteiger partial charge in [-0.25, -0.2) is 0 Å². The van der Waals surface area contributed by atoms with Gasteiger partial charge in [0.25, 0.3) is 0 Å². The number of nitrogens with one attached hydrogen (secondary N) is 2. The van der Waals surface area contributed by atoms with Crippen molar-refractivity contribution in [2.75, 3.05) is 26.2 Å². The summed E-state index contributed by atoms with van der Waals surface area (Å²) in [6.07, 6.45) is 3.61. The Morgan fingerprint density at radius 2 is 2.00 bits per heavy atom. The number of rotatable bonds is 6. The van der Waals surface area contributed by atoms with Crippen LogP contribution in [-0.4, -0.2) is 48.9 Å². The van der Waals surface area contributed by atoms with Crippen molar-refractivity contribution in [2.45, 2.75) is 38.6 Å². The van der Waals surface area contributed by atoms with E-state index in [0.29, 0.717) is 13.0 Å². The molecule has 0 spiro atoms. The van der Waals surface area contributed by atoms with Crippen molar-refractivity contribution in [3.63, 3.8) is 0 Å². The maximum atomic E-state index is 12.1. The van der Waals surface area contributed by atoms with Gasteiger partial charge >= 0.3 is 0 Å². The third kappa shape index (κ3) is 5.71. The Balaban J connectivity index is 2.22. The number of nitriles is 1. The molecule has 1 atom stereocenters. The molecule has 0 aromatic rings. The van der Waals surface area contributed by atoms with Gasteiger partial charge < -0.3 is 10.2 Å².